The van der Waals surface area contributed by atoms with Crippen LogP contribution in [0.5, 0.6) is 0 Å². The van der Waals surface area contributed by atoms with E-state index in [1.54, 1.807) is 12.1 Å². The molecule has 1 aromatic rings. The highest BCUT2D eigenvalue weighted by Gasteiger charge is 2.30. The second kappa shape index (κ2) is 11.5. The Morgan fingerprint density at radius 3 is 2.53 bits per heavy atom. The maximum atomic E-state index is 12.7. The number of aliphatic imine (C=N–C) groups is 1. The van der Waals surface area contributed by atoms with Crippen LogP contribution in [0.3, 0.4) is 0 Å². The molecule has 0 bridgehead atoms. The molecule has 3 N–H and O–H groups in total. The van der Waals surface area contributed by atoms with E-state index in [0.717, 1.165) is 69.0 Å². The molecule has 1 heterocycles. The zero-order valence-corrected chi connectivity index (χ0v) is 19.6. The zero-order valence-electron chi connectivity index (χ0n) is 17.3. The fraction of sp³-hybridized carbons (Fsp3) is 0.667. The highest BCUT2D eigenvalue weighted by Crippen LogP contribution is 2.29. The predicted octanol–water partition coefficient (Wildman–Crippen LogP) is 3.61. The lowest BCUT2D eigenvalue weighted by Gasteiger charge is -2.20. The summed E-state index contributed by atoms with van der Waals surface area (Å²) in [6.07, 6.45) is -0.630. The number of nitrogens with zero attached hydrogens (tertiary/aromatic N) is 2. The molecule has 1 aromatic carbocycles. The second-order valence-electron chi connectivity index (χ2n) is 8.04. The number of likely N-dealkylation sites (tertiary alicyclic amines) is 1. The van der Waals surface area contributed by atoms with Crippen LogP contribution in [0.25, 0.3) is 0 Å². The van der Waals surface area contributed by atoms with Crippen LogP contribution in [0, 0.1) is 5.92 Å². The lowest BCUT2D eigenvalue weighted by atomic mass is 10.1. The van der Waals surface area contributed by atoms with E-state index in [4.69, 9.17) is 0 Å². The molecule has 30 heavy (non-hydrogen) atoms. The van der Waals surface area contributed by atoms with Gasteiger partial charge in [0.2, 0.25) is 0 Å². The minimum atomic E-state index is -4.29. The third-order valence-corrected chi connectivity index (χ3v) is 5.75. The van der Waals surface area contributed by atoms with E-state index < -0.39 is 11.7 Å². The van der Waals surface area contributed by atoms with Crippen molar-refractivity contribution in [2.45, 2.75) is 57.5 Å². The van der Waals surface area contributed by atoms with Crippen LogP contribution in [0.4, 0.5) is 13.2 Å². The summed E-state index contributed by atoms with van der Waals surface area (Å²) in [5, 5.41) is 16.7. The number of aliphatic hydroxyl groups is 1. The maximum Gasteiger partial charge on any atom is 0.416 e. The molecular weight excluding hydrogens is 508 g/mol. The Kier molecular flexibility index (Phi) is 9.67. The number of guanidine groups is 1. The normalized spacial score (nSPS) is 25.2. The summed E-state index contributed by atoms with van der Waals surface area (Å²) in [6.45, 7) is 5.75. The van der Waals surface area contributed by atoms with Crippen molar-refractivity contribution in [1.29, 1.82) is 0 Å². The van der Waals surface area contributed by atoms with E-state index >= 15 is 0 Å². The lowest BCUT2D eigenvalue weighted by Crippen LogP contribution is -2.44. The van der Waals surface area contributed by atoms with Gasteiger partial charge in [0.25, 0.3) is 0 Å². The van der Waals surface area contributed by atoms with Crippen molar-refractivity contribution in [1.82, 2.24) is 15.5 Å². The van der Waals surface area contributed by atoms with Gasteiger partial charge in [-0.05, 0) is 43.9 Å². The molecule has 1 aliphatic carbocycles. The lowest BCUT2D eigenvalue weighted by molar-refractivity contribution is -0.137. The summed E-state index contributed by atoms with van der Waals surface area (Å²) < 4.78 is 38.1. The molecule has 0 spiro atoms. The largest absolute Gasteiger partial charge is 0.416 e. The highest BCUT2D eigenvalue weighted by atomic mass is 127. The van der Waals surface area contributed by atoms with Gasteiger partial charge in [-0.2, -0.15) is 13.2 Å². The van der Waals surface area contributed by atoms with Gasteiger partial charge in [0.05, 0.1) is 11.7 Å². The zero-order chi connectivity index (χ0) is 20.9. The maximum absolute atomic E-state index is 12.7. The summed E-state index contributed by atoms with van der Waals surface area (Å²) >= 11 is 0. The van der Waals surface area contributed by atoms with Gasteiger partial charge in [0, 0.05) is 44.7 Å². The minimum absolute atomic E-state index is 0. The quantitative estimate of drug-likeness (QED) is 0.293. The van der Waals surface area contributed by atoms with Crippen molar-refractivity contribution < 1.29 is 18.3 Å². The first-order valence-corrected chi connectivity index (χ1v) is 10.5. The molecule has 3 atom stereocenters. The van der Waals surface area contributed by atoms with Gasteiger partial charge in [-0.25, -0.2) is 0 Å². The van der Waals surface area contributed by atoms with E-state index in [-0.39, 0.29) is 42.0 Å². The number of halogens is 4. The number of hydrogen-bond donors (Lipinski definition) is 3. The number of aliphatic hydroxyl groups excluding tert-OH is 1. The third-order valence-electron chi connectivity index (χ3n) is 5.75. The van der Waals surface area contributed by atoms with Crippen molar-refractivity contribution in [3.8, 4) is 0 Å². The minimum Gasteiger partial charge on any atom is -0.393 e. The number of rotatable bonds is 6. The molecule has 0 aromatic heterocycles. The van der Waals surface area contributed by atoms with Crippen molar-refractivity contribution in [3.63, 3.8) is 0 Å². The number of nitrogens with one attached hydrogen (secondary N) is 2. The first-order valence-electron chi connectivity index (χ1n) is 10.5. The van der Waals surface area contributed by atoms with E-state index in [1.807, 2.05) is 6.92 Å². The fourth-order valence-corrected chi connectivity index (χ4v) is 4.10. The predicted molar refractivity (Wildman–Crippen MR) is 123 cm³/mol. The third kappa shape index (κ3) is 7.26. The van der Waals surface area contributed by atoms with Crippen LogP contribution in [0.15, 0.2) is 29.3 Å². The summed E-state index contributed by atoms with van der Waals surface area (Å²) in [7, 11) is 0. The number of alkyl halides is 3. The average molecular weight is 540 g/mol. The highest BCUT2D eigenvalue weighted by molar-refractivity contribution is 14.0. The van der Waals surface area contributed by atoms with Gasteiger partial charge < -0.3 is 15.7 Å². The smallest absolute Gasteiger partial charge is 0.393 e. The topological polar surface area (TPSA) is 59.9 Å². The Hall–Kier alpha value is -1.07. The second-order valence-corrected chi connectivity index (χ2v) is 8.04. The first kappa shape index (κ1) is 25.2. The van der Waals surface area contributed by atoms with Crippen molar-refractivity contribution in [3.05, 3.63) is 35.4 Å². The number of benzene rings is 1. The molecule has 170 valence electrons. The first-order chi connectivity index (χ1) is 13.8. The Morgan fingerprint density at radius 2 is 1.93 bits per heavy atom. The summed E-state index contributed by atoms with van der Waals surface area (Å²) in [5.41, 5.74) is 0.274. The Labute approximate surface area is 193 Å². The van der Waals surface area contributed by atoms with E-state index in [9.17, 15) is 18.3 Å². The van der Waals surface area contributed by atoms with Crippen LogP contribution < -0.4 is 10.6 Å². The van der Waals surface area contributed by atoms with Gasteiger partial charge in [0.1, 0.15) is 0 Å². The fourth-order valence-electron chi connectivity index (χ4n) is 4.10. The Balaban J connectivity index is 0.00000320. The van der Waals surface area contributed by atoms with Gasteiger partial charge in [-0.15, -0.1) is 24.0 Å². The molecule has 1 saturated heterocycles. The average Bonchev–Trinajstić information content (AvgIpc) is 3.28. The van der Waals surface area contributed by atoms with Gasteiger partial charge in [0.15, 0.2) is 5.96 Å². The molecule has 0 amide bonds. The van der Waals surface area contributed by atoms with E-state index in [0.29, 0.717) is 13.1 Å². The van der Waals surface area contributed by atoms with E-state index in [2.05, 4.69) is 20.5 Å². The molecule has 5 nitrogen and oxygen atoms in total. The molecule has 1 aliphatic heterocycles. The van der Waals surface area contributed by atoms with Crippen LogP contribution in [-0.4, -0.2) is 54.3 Å². The summed E-state index contributed by atoms with van der Waals surface area (Å²) in [4.78, 5) is 6.90. The number of hydrogen-bond acceptors (Lipinski definition) is 3. The summed E-state index contributed by atoms with van der Waals surface area (Å²) in [5.74, 6) is 1.01. The molecule has 9 heteroatoms. The SMILES string of the molecule is CCNC(=NCC1CCCC1O)NC1CCN(Cc2ccc(C(F)(F)F)cc2)C1.I. The van der Waals surface area contributed by atoms with Crippen molar-refractivity contribution >= 4 is 29.9 Å². The monoisotopic (exact) mass is 540 g/mol. The molecule has 3 unspecified atom stereocenters. The molecule has 3 rings (SSSR count). The van der Waals surface area contributed by atoms with E-state index in [1.165, 1.54) is 0 Å². The van der Waals surface area contributed by atoms with Crippen molar-refractivity contribution in [2.24, 2.45) is 10.9 Å². The molecule has 2 fully saturated rings. The Morgan fingerprint density at radius 1 is 1.20 bits per heavy atom. The van der Waals surface area contributed by atoms with Gasteiger partial charge >= 0.3 is 6.18 Å². The van der Waals surface area contributed by atoms with Crippen LogP contribution >= 0.6 is 24.0 Å². The molecule has 0 radical (unpaired) electrons. The van der Waals surface area contributed by atoms with Crippen LogP contribution in [-0.2, 0) is 12.7 Å². The Bertz CT molecular complexity index is 684. The molecule has 2 aliphatic rings. The molecule has 1 saturated carbocycles. The standard InChI is InChI=1S/C21H31F3N4O.HI/c1-2-25-20(26-12-16-4-3-5-19(16)29)27-18-10-11-28(14-18)13-15-6-8-17(9-7-15)21(22,23)24;/h6-9,16,18-19,29H,2-5,10-14H2,1H3,(H2,25,26,27);1H. The molecular formula is C21H32F3IN4O. The van der Waals surface area contributed by atoms with Crippen molar-refractivity contribution in [2.75, 3.05) is 26.2 Å². The van der Waals surface area contributed by atoms with Crippen LogP contribution in [0.2, 0.25) is 0 Å². The van der Waals surface area contributed by atoms with Crippen LogP contribution in [0.1, 0.15) is 43.7 Å². The van der Waals surface area contributed by atoms with Gasteiger partial charge in [-0.3, -0.25) is 9.89 Å². The van der Waals surface area contributed by atoms with Gasteiger partial charge in [-0.1, -0.05) is 18.6 Å². The summed E-state index contributed by atoms with van der Waals surface area (Å²) in [6, 6.07) is 5.66.